The molecule has 1 heterocycles. The van der Waals surface area contributed by atoms with Crippen LogP contribution in [0.5, 0.6) is 5.75 Å². The molecule has 146 valence electrons. The van der Waals surface area contributed by atoms with Crippen LogP contribution in [0.4, 0.5) is 19.0 Å². The number of carbonyl (C=O) groups excluding carboxylic acids is 1. The maximum absolute atomic E-state index is 12.7. The number of methoxy groups -OCH3 is 1. The van der Waals surface area contributed by atoms with Gasteiger partial charge in [-0.15, -0.1) is 0 Å². The molecule has 1 atom stereocenters. The van der Waals surface area contributed by atoms with Gasteiger partial charge in [0.1, 0.15) is 5.75 Å². The molecule has 0 spiro atoms. The van der Waals surface area contributed by atoms with Gasteiger partial charge in [-0.05, 0) is 41.5 Å². The smallest absolute Gasteiger partial charge is 0.417 e. The van der Waals surface area contributed by atoms with Crippen LogP contribution < -0.4 is 10.1 Å². The first-order valence-electron chi connectivity index (χ1n) is 8.30. The van der Waals surface area contributed by atoms with Gasteiger partial charge in [0.2, 0.25) is 5.91 Å². The topological polar surface area (TPSA) is 51.2 Å². The molecule has 0 fully saturated rings. The Morgan fingerprint density at radius 3 is 2.46 bits per heavy atom. The minimum absolute atomic E-state index is 0.114. The van der Waals surface area contributed by atoms with Gasteiger partial charge in [-0.1, -0.05) is 35.9 Å². The number of nitrogens with one attached hydrogen (secondary N) is 1. The van der Waals surface area contributed by atoms with E-state index in [0.717, 1.165) is 28.2 Å². The highest BCUT2D eigenvalue weighted by Crippen LogP contribution is 2.33. The van der Waals surface area contributed by atoms with Crippen LogP contribution in [0.1, 0.15) is 24.0 Å². The molecule has 4 nitrogen and oxygen atoms in total. The Balaban J connectivity index is 1.80. The lowest BCUT2D eigenvalue weighted by Gasteiger charge is -2.15. The number of carbonyl (C=O) groups is 1. The van der Waals surface area contributed by atoms with Gasteiger partial charge in [0.15, 0.2) is 5.82 Å². The van der Waals surface area contributed by atoms with Crippen molar-refractivity contribution in [1.29, 1.82) is 0 Å². The second-order valence-electron chi connectivity index (χ2n) is 6.24. The number of fused-ring (bicyclic) bond motifs is 1. The monoisotopic (exact) mass is 408 g/mol. The molecule has 1 aromatic heterocycles. The summed E-state index contributed by atoms with van der Waals surface area (Å²) in [6.45, 7) is 1.69. The van der Waals surface area contributed by atoms with E-state index in [2.05, 4.69) is 10.3 Å². The number of anilines is 1. The third-order valence-corrected chi connectivity index (χ3v) is 4.66. The van der Waals surface area contributed by atoms with Crippen LogP contribution in [0.2, 0.25) is 5.02 Å². The number of benzene rings is 2. The Morgan fingerprint density at radius 2 is 1.82 bits per heavy atom. The van der Waals surface area contributed by atoms with Crippen molar-refractivity contribution in [2.75, 3.05) is 12.4 Å². The first kappa shape index (κ1) is 19.9. The fraction of sp³-hybridized carbons (Fsp3) is 0.200. The molecule has 2 aromatic carbocycles. The van der Waals surface area contributed by atoms with Gasteiger partial charge in [-0.2, -0.15) is 13.2 Å². The Hall–Kier alpha value is -2.80. The summed E-state index contributed by atoms with van der Waals surface area (Å²) in [7, 11) is 1.59. The van der Waals surface area contributed by atoms with Gasteiger partial charge >= 0.3 is 6.18 Å². The van der Waals surface area contributed by atoms with Gasteiger partial charge in [-0.3, -0.25) is 4.79 Å². The highest BCUT2D eigenvalue weighted by Gasteiger charge is 2.31. The number of pyridine rings is 1. The third-order valence-electron chi connectivity index (χ3n) is 4.37. The maximum atomic E-state index is 12.7. The van der Waals surface area contributed by atoms with E-state index in [0.29, 0.717) is 6.20 Å². The standard InChI is InChI=1S/C20H16ClF3N2O2/c1-11(12-3-4-14-8-16(28-2)6-5-13(14)7-12)19(27)26-18-17(21)9-15(10-25-18)20(22,23)24/h3-11H,1-2H3,(H,25,26,27). The second kappa shape index (κ2) is 7.67. The minimum atomic E-state index is -4.56. The highest BCUT2D eigenvalue weighted by molar-refractivity contribution is 6.33. The lowest BCUT2D eigenvalue weighted by molar-refractivity contribution is -0.137. The first-order chi connectivity index (χ1) is 13.2. The summed E-state index contributed by atoms with van der Waals surface area (Å²) in [5.41, 5.74) is -0.230. The molecule has 0 aliphatic carbocycles. The van der Waals surface area contributed by atoms with Crippen molar-refractivity contribution in [3.63, 3.8) is 0 Å². The number of alkyl halides is 3. The van der Waals surface area contributed by atoms with Crippen molar-refractivity contribution >= 4 is 34.1 Å². The number of hydrogen-bond acceptors (Lipinski definition) is 3. The Bertz CT molecular complexity index is 1040. The molecule has 3 rings (SSSR count). The first-order valence-corrected chi connectivity index (χ1v) is 8.68. The molecular formula is C20H16ClF3N2O2. The molecule has 1 unspecified atom stereocenters. The summed E-state index contributed by atoms with van der Waals surface area (Å²) in [6, 6.07) is 11.9. The number of halogens is 4. The third kappa shape index (κ3) is 4.20. The average Bonchev–Trinajstić information content (AvgIpc) is 2.67. The van der Waals surface area contributed by atoms with Gasteiger partial charge in [0.25, 0.3) is 0 Å². The van der Waals surface area contributed by atoms with E-state index in [1.165, 1.54) is 0 Å². The molecule has 0 saturated heterocycles. The number of amides is 1. The van der Waals surface area contributed by atoms with Crippen LogP contribution in [0.25, 0.3) is 10.8 Å². The normalized spacial score (nSPS) is 12.6. The fourth-order valence-corrected chi connectivity index (χ4v) is 2.91. The molecule has 1 amide bonds. The van der Waals surface area contributed by atoms with Crippen LogP contribution in [-0.2, 0) is 11.0 Å². The molecule has 3 aromatic rings. The summed E-state index contributed by atoms with van der Waals surface area (Å²) >= 11 is 5.85. The van der Waals surface area contributed by atoms with Gasteiger partial charge < -0.3 is 10.1 Å². The van der Waals surface area contributed by atoms with Crippen molar-refractivity contribution in [3.8, 4) is 5.75 Å². The van der Waals surface area contributed by atoms with Crippen molar-refractivity contribution in [1.82, 2.24) is 4.98 Å². The number of ether oxygens (including phenoxy) is 1. The predicted molar refractivity (Wildman–Crippen MR) is 102 cm³/mol. The molecule has 0 aliphatic rings. The van der Waals surface area contributed by atoms with Gasteiger partial charge in [0, 0.05) is 6.20 Å². The lowest BCUT2D eigenvalue weighted by Crippen LogP contribution is -2.20. The van der Waals surface area contributed by atoms with E-state index >= 15 is 0 Å². The quantitative estimate of drug-likeness (QED) is 0.606. The minimum Gasteiger partial charge on any atom is -0.497 e. The Morgan fingerprint density at radius 1 is 1.14 bits per heavy atom. The Kier molecular flexibility index (Phi) is 5.47. The lowest BCUT2D eigenvalue weighted by atomic mass is 9.97. The summed E-state index contributed by atoms with van der Waals surface area (Å²) in [4.78, 5) is 16.2. The predicted octanol–water partition coefficient (Wildman–Crippen LogP) is 5.66. The summed E-state index contributed by atoms with van der Waals surface area (Å²) < 4.78 is 43.3. The second-order valence-corrected chi connectivity index (χ2v) is 6.64. The number of nitrogens with zero attached hydrogens (tertiary/aromatic N) is 1. The van der Waals surface area contributed by atoms with Crippen molar-refractivity contribution in [2.24, 2.45) is 0 Å². The Labute approximate surface area is 164 Å². The van der Waals surface area contributed by atoms with E-state index in [4.69, 9.17) is 16.3 Å². The van der Waals surface area contributed by atoms with E-state index in [1.807, 2.05) is 36.4 Å². The van der Waals surface area contributed by atoms with Crippen LogP contribution in [0.3, 0.4) is 0 Å². The van der Waals surface area contributed by atoms with Crippen LogP contribution in [0, 0.1) is 0 Å². The molecule has 8 heteroatoms. The zero-order valence-electron chi connectivity index (χ0n) is 15.0. The SMILES string of the molecule is COc1ccc2cc(C(C)C(=O)Nc3ncc(C(F)(F)F)cc3Cl)ccc2c1. The van der Waals surface area contributed by atoms with Gasteiger partial charge in [-0.25, -0.2) is 4.98 Å². The molecule has 0 radical (unpaired) electrons. The van der Waals surface area contributed by atoms with E-state index in [9.17, 15) is 18.0 Å². The number of rotatable bonds is 4. The number of aromatic nitrogens is 1. The van der Waals surface area contributed by atoms with Crippen LogP contribution in [0.15, 0.2) is 48.7 Å². The number of hydrogen-bond donors (Lipinski definition) is 1. The van der Waals surface area contributed by atoms with E-state index in [-0.39, 0.29) is 10.8 Å². The molecule has 28 heavy (non-hydrogen) atoms. The molecule has 0 saturated carbocycles. The molecule has 0 aliphatic heterocycles. The molecule has 0 bridgehead atoms. The van der Waals surface area contributed by atoms with E-state index in [1.54, 1.807) is 14.0 Å². The van der Waals surface area contributed by atoms with Crippen molar-refractivity contribution in [2.45, 2.75) is 19.0 Å². The van der Waals surface area contributed by atoms with Crippen LogP contribution >= 0.6 is 11.6 Å². The molecular weight excluding hydrogens is 393 g/mol. The fourth-order valence-electron chi connectivity index (χ4n) is 2.70. The zero-order valence-corrected chi connectivity index (χ0v) is 15.7. The zero-order chi connectivity index (χ0) is 20.5. The van der Waals surface area contributed by atoms with Crippen LogP contribution in [-0.4, -0.2) is 18.0 Å². The van der Waals surface area contributed by atoms with Crippen molar-refractivity contribution in [3.05, 3.63) is 64.8 Å². The highest BCUT2D eigenvalue weighted by atomic mass is 35.5. The van der Waals surface area contributed by atoms with Crippen molar-refractivity contribution < 1.29 is 22.7 Å². The average molecular weight is 409 g/mol. The summed E-state index contributed by atoms with van der Waals surface area (Å²) in [5.74, 6) is -0.375. The maximum Gasteiger partial charge on any atom is 0.417 e. The van der Waals surface area contributed by atoms with E-state index < -0.39 is 23.6 Å². The summed E-state index contributed by atoms with van der Waals surface area (Å²) in [6.07, 6.45) is -3.92. The largest absolute Gasteiger partial charge is 0.497 e. The van der Waals surface area contributed by atoms with Gasteiger partial charge in [0.05, 0.1) is 23.6 Å². The molecule has 1 N–H and O–H groups in total. The summed E-state index contributed by atoms with van der Waals surface area (Å²) in [5, 5.41) is 4.10.